The molecule has 0 saturated carbocycles. The van der Waals surface area contributed by atoms with Gasteiger partial charge in [0.05, 0.1) is 7.11 Å². The van der Waals surface area contributed by atoms with E-state index in [1.54, 1.807) is 7.11 Å². The van der Waals surface area contributed by atoms with E-state index in [-0.39, 0.29) is 24.0 Å². The normalized spacial score (nSPS) is 14.5. The van der Waals surface area contributed by atoms with Gasteiger partial charge in [-0.15, -0.1) is 24.0 Å². The summed E-state index contributed by atoms with van der Waals surface area (Å²) >= 11 is 0. The number of halogens is 1. The zero-order chi connectivity index (χ0) is 14.9. The van der Waals surface area contributed by atoms with E-state index in [0.717, 1.165) is 43.9 Å². The van der Waals surface area contributed by atoms with E-state index in [2.05, 4.69) is 39.9 Å². The Balaban J connectivity index is 0.00000242. The second kappa shape index (κ2) is 10.5. The van der Waals surface area contributed by atoms with Crippen LogP contribution in [0.15, 0.2) is 41.4 Å². The van der Waals surface area contributed by atoms with Crippen molar-refractivity contribution in [2.45, 2.75) is 31.7 Å². The zero-order valence-electron chi connectivity index (χ0n) is 13.3. The van der Waals surface area contributed by atoms with Crippen molar-refractivity contribution in [3.05, 3.63) is 42.0 Å². The summed E-state index contributed by atoms with van der Waals surface area (Å²) in [6.07, 6.45) is 8.71. The quantitative estimate of drug-likeness (QED) is 0.247. The number of nitrogens with one attached hydrogen (secondary N) is 2. The Hall–Kier alpha value is -1.24. The fourth-order valence-electron chi connectivity index (χ4n) is 2.45. The van der Waals surface area contributed by atoms with Gasteiger partial charge in [0.25, 0.3) is 0 Å². The third kappa shape index (κ3) is 6.25. The first-order valence-electron chi connectivity index (χ1n) is 7.57. The number of rotatable bonds is 6. The topological polar surface area (TPSA) is 45.7 Å². The SMILES string of the molecule is CN=C(NCCCc1cccc(OC)c1)NC1CC=CC1.I. The molecule has 4 nitrogen and oxygen atoms in total. The third-order valence-electron chi connectivity index (χ3n) is 3.64. The van der Waals surface area contributed by atoms with E-state index >= 15 is 0 Å². The van der Waals surface area contributed by atoms with E-state index in [4.69, 9.17) is 4.74 Å². The molecule has 0 radical (unpaired) electrons. The van der Waals surface area contributed by atoms with Gasteiger partial charge in [-0.3, -0.25) is 4.99 Å². The van der Waals surface area contributed by atoms with E-state index in [9.17, 15) is 0 Å². The highest BCUT2D eigenvalue weighted by Crippen LogP contribution is 2.13. The fraction of sp³-hybridized carbons (Fsp3) is 0.471. The van der Waals surface area contributed by atoms with Crippen LogP contribution in [-0.2, 0) is 6.42 Å². The van der Waals surface area contributed by atoms with E-state index in [1.807, 2.05) is 19.2 Å². The van der Waals surface area contributed by atoms with Crippen LogP contribution >= 0.6 is 24.0 Å². The molecule has 1 aliphatic rings. The Labute approximate surface area is 150 Å². The number of aryl methyl sites for hydroxylation is 1. The van der Waals surface area contributed by atoms with Crippen molar-refractivity contribution in [3.8, 4) is 5.75 Å². The largest absolute Gasteiger partial charge is 0.497 e. The molecule has 0 aliphatic heterocycles. The van der Waals surface area contributed by atoms with Crippen LogP contribution < -0.4 is 15.4 Å². The van der Waals surface area contributed by atoms with Crippen LogP contribution in [0.2, 0.25) is 0 Å². The molecule has 1 aromatic rings. The number of nitrogens with zero attached hydrogens (tertiary/aromatic N) is 1. The molecule has 0 fully saturated rings. The summed E-state index contributed by atoms with van der Waals surface area (Å²) in [7, 11) is 3.52. The standard InChI is InChI=1S/C17H25N3O.HI/c1-18-17(20-15-9-3-4-10-15)19-12-6-8-14-7-5-11-16(13-14)21-2;/h3-5,7,11,13,15H,6,8-10,12H2,1-2H3,(H2,18,19,20);1H. The molecule has 0 unspecified atom stereocenters. The lowest BCUT2D eigenvalue weighted by Gasteiger charge is -2.16. The van der Waals surface area contributed by atoms with Gasteiger partial charge in [0.15, 0.2) is 5.96 Å². The molecular formula is C17H26IN3O. The number of aliphatic imine (C=N–C) groups is 1. The first-order chi connectivity index (χ1) is 10.3. The van der Waals surface area contributed by atoms with Crippen LogP contribution in [0.4, 0.5) is 0 Å². The van der Waals surface area contributed by atoms with Gasteiger partial charge in [-0.1, -0.05) is 24.3 Å². The Kier molecular flexibility index (Phi) is 8.96. The molecule has 0 heterocycles. The number of guanidine groups is 1. The second-order valence-corrected chi connectivity index (χ2v) is 5.24. The molecule has 2 N–H and O–H groups in total. The van der Waals surface area contributed by atoms with Gasteiger partial charge >= 0.3 is 0 Å². The van der Waals surface area contributed by atoms with Crippen molar-refractivity contribution in [2.75, 3.05) is 20.7 Å². The first-order valence-corrected chi connectivity index (χ1v) is 7.57. The van der Waals surface area contributed by atoms with Gasteiger partial charge < -0.3 is 15.4 Å². The maximum atomic E-state index is 5.24. The Morgan fingerprint density at radius 2 is 2.09 bits per heavy atom. The van der Waals surface area contributed by atoms with Gasteiger partial charge in [0.1, 0.15) is 5.75 Å². The number of ether oxygens (including phenoxy) is 1. The highest BCUT2D eigenvalue weighted by atomic mass is 127. The maximum Gasteiger partial charge on any atom is 0.191 e. The summed E-state index contributed by atoms with van der Waals surface area (Å²) < 4.78 is 5.24. The minimum atomic E-state index is 0. The van der Waals surface area contributed by atoms with Crippen LogP contribution in [0.1, 0.15) is 24.8 Å². The van der Waals surface area contributed by atoms with E-state index < -0.39 is 0 Å². The van der Waals surface area contributed by atoms with Crippen LogP contribution in [0.5, 0.6) is 5.75 Å². The Bertz CT molecular complexity index is 494. The lowest BCUT2D eigenvalue weighted by molar-refractivity contribution is 0.414. The minimum absolute atomic E-state index is 0. The van der Waals surface area contributed by atoms with Crippen molar-refractivity contribution in [1.29, 1.82) is 0 Å². The van der Waals surface area contributed by atoms with Crippen molar-refractivity contribution in [1.82, 2.24) is 10.6 Å². The molecule has 0 bridgehead atoms. The lowest BCUT2D eigenvalue weighted by atomic mass is 10.1. The molecule has 1 aromatic carbocycles. The molecule has 0 amide bonds. The van der Waals surface area contributed by atoms with E-state index in [0.29, 0.717) is 6.04 Å². The van der Waals surface area contributed by atoms with Gasteiger partial charge in [-0.05, 0) is 43.4 Å². The molecule has 0 spiro atoms. The van der Waals surface area contributed by atoms with Gasteiger partial charge in [0, 0.05) is 19.6 Å². The maximum absolute atomic E-state index is 5.24. The highest BCUT2D eigenvalue weighted by Gasteiger charge is 2.11. The summed E-state index contributed by atoms with van der Waals surface area (Å²) in [4.78, 5) is 4.27. The predicted octanol–water partition coefficient (Wildman–Crippen LogP) is 3.13. The number of hydrogen-bond acceptors (Lipinski definition) is 2. The minimum Gasteiger partial charge on any atom is -0.497 e. The zero-order valence-corrected chi connectivity index (χ0v) is 15.7. The highest BCUT2D eigenvalue weighted by molar-refractivity contribution is 14.0. The predicted molar refractivity (Wildman–Crippen MR) is 103 cm³/mol. The number of hydrogen-bond donors (Lipinski definition) is 2. The summed E-state index contributed by atoms with van der Waals surface area (Å²) in [5.74, 6) is 1.82. The second-order valence-electron chi connectivity index (χ2n) is 5.24. The molecule has 0 aromatic heterocycles. The fourth-order valence-corrected chi connectivity index (χ4v) is 2.45. The van der Waals surface area contributed by atoms with Crippen LogP contribution in [-0.4, -0.2) is 32.7 Å². The first kappa shape index (κ1) is 18.8. The summed E-state index contributed by atoms with van der Waals surface area (Å²) in [6, 6.07) is 8.74. The molecule has 0 atom stereocenters. The van der Waals surface area contributed by atoms with Crippen molar-refractivity contribution in [3.63, 3.8) is 0 Å². The molecule has 5 heteroatoms. The molecule has 0 saturated heterocycles. The lowest BCUT2D eigenvalue weighted by Crippen LogP contribution is -2.42. The van der Waals surface area contributed by atoms with E-state index in [1.165, 1.54) is 5.56 Å². The van der Waals surface area contributed by atoms with Crippen LogP contribution in [0.3, 0.4) is 0 Å². The van der Waals surface area contributed by atoms with Crippen molar-refractivity contribution < 1.29 is 4.74 Å². The number of benzene rings is 1. The van der Waals surface area contributed by atoms with Crippen LogP contribution in [0.25, 0.3) is 0 Å². The molecule has 22 heavy (non-hydrogen) atoms. The van der Waals surface area contributed by atoms with Crippen molar-refractivity contribution in [2.24, 2.45) is 4.99 Å². The Morgan fingerprint density at radius 1 is 1.32 bits per heavy atom. The van der Waals surface area contributed by atoms with Crippen LogP contribution in [0, 0.1) is 0 Å². The smallest absolute Gasteiger partial charge is 0.191 e. The van der Waals surface area contributed by atoms with Gasteiger partial charge in [-0.2, -0.15) is 0 Å². The number of methoxy groups -OCH3 is 1. The molecular weight excluding hydrogens is 389 g/mol. The average Bonchev–Trinajstić information content (AvgIpc) is 3.03. The molecule has 122 valence electrons. The summed E-state index contributed by atoms with van der Waals surface area (Å²) in [5.41, 5.74) is 1.30. The summed E-state index contributed by atoms with van der Waals surface area (Å²) in [6.45, 7) is 0.914. The third-order valence-corrected chi connectivity index (χ3v) is 3.64. The molecule has 2 rings (SSSR count). The Morgan fingerprint density at radius 3 is 2.77 bits per heavy atom. The average molecular weight is 415 g/mol. The summed E-state index contributed by atoms with van der Waals surface area (Å²) in [5, 5.41) is 6.81. The monoisotopic (exact) mass is 415 g/mol. The van der Waals surface area contributed by atoms with Gasteiger partial charge in [0.2, 0.25) is 0 Å². The van der Waals surface area contributed by atoms with Gasteiger partial charge in [-0.25, -0.2) is 0 Å². The van der Waals surface area contributed by atoms with Crippen molar-refractivity contribution >= 4 is 29.9 Å². The molecule has 1 aliphatic carbocycles.